The number of nitrogens with zero attached hydrogens (tertiary/aromatic N) is 1. The summed E-state index contributed by atoms with van der Waals surface area (Å²) in [7, 11) is 0. The van der Waals surface area contributed by atoms with Crippen LogP contribution in [-0.4, -0.2) is 30.0 Å². The van der Waals surface area contributed by atoms with E-state index in [1.54, 1.807) is 0 Å². The molecular formula is C26H27NO4. The Morgan fingerprint density at radius 2 is 1.65 bits per heavy atom. The summed E-state index contributed by atoms with van der Waals surface area (Å²) in [4.78, 5) is 16.2. The average Bonchev–Trinajstić information content (AvgIpc) is 2.81. The molecule has 3 rings (SSSR count). The van der Waals surface area contributed by atoms with Gasteiger partial charge in [0.15, 0.2) is 6.61 Å². The van der Waals surface area contributed by atoms with Crippen molar-refractivity contribution in [2.24, 2.45) is 5.16 Å². The van der Waals surface area contributed by atoms with Crippen LogP contribution in [0.1, 0.15) is 30.9 Å². The van der Waals surface area contributed by atoms with Gasteiger partial charge in [0.05, 0.1) is 5.71 Å². The Labute approximate surface area is 182 Å². The smallest absolute Gasteiger partial charge is 0.303 e. The van der Waals surface area contributed by atoms with E-state index in [1.165, 1.54) is 11.1 Å². The molecule has 0 aromatic heterocycles. The molecule has 0 spiro atoms. The molecule has 0 radical (unpaired) electrons. The number of carbonyl (C=O) groups is 1. The number of aryl methyl sites for hydroxylation is 1. The standard InChI is InChI=1S/C26H27NO4/c1-2-25(23-14-12-22(13-15-23)21-8-4-3-5-9-21)27-31-18-17-30-24-10-6-7-20(19-24)11-16-26(28)29/h3-10,12-15,19H,2,11,16-18H2,1H3,(H,28,29)/b27-25+. The van der Waals surface area contributed by atoms with Crippen LogP contribution in [0.4, 0.5) is 0 Å². The van der Waals surface area contributed by atoms with Crippen molar-refractivity contribution in [2.45, 2.75) is 26.2 Å². The van der Waals surface area contributed by atoms with E-state index in [0.717, 1.165) is 23.3 Å². The highest BCUT2D eigenvalue weighted by molar-refractivity contribution is 6.00. The fourth-order valence-corrected chi connectivity index (χ4v) is 3.17. The lowest BCUT2D eigenvalue weighted by Gasteiger charge is -2.09. The van der Waals surface area contributed by atoms with E-state index >= 15 is 0 Å². The van der Waals surface area contributed by atoms with Gasteiger partial charge in [-0.25, -0.2) is 0 Å². The molecule has 160 valence electrons. The van der Waals surface area contributed by atoms with Gasteiger partial charge in [-0.05, 0) is 47.2 Å². The molecule has 0 heterocycles. The molecular weight excluding hydrogens is 390 g/mol. The maximum Gasteiger partial charge on any atom is 0.303 e. The summed E-state index contributed by atoms with van der Waals surface area (Å²) in [5.41, 5.74) is 5.21. The van der Waals surface area contributed by atoms with Crippen LogP contribution in [0.3, 0.4) is 0 Å². The van der Waals surface area contributed by atoms with Crippen LogP contribution in [0.2, 0.25) is 0 Å². The highest BCUT2D eigenvalue weighted by Gasteiger charge is 2.04. The van der Waals surface area contributed by atoms with Crippen molar-refractivity contribution >= 4 is 11.7 Å². The van der Waals surface area contributed by atoms with Gasteiger partial charge in [0, 0.05) is 6.42 Å². The summed E-state index contributed by atoms with van der Waals surface area (Å²) in [6, 6.07) is 26.0. The van der Waals surface area contributed by atoms with E-state index in [0.29, 0.717) is 25.4 Å². The topological polar surface area (TPSA) is 68.1 Å². The van der Waals surface area contributed by atoms with Crippen molar-refractivity contribution < 1.29 is 19.5 Å². The zero-order chi connectivity index (χ0) is 21.9. The summed E-state index contributed by atoms with van der Waals surface area (Å²) in [6.45, 7) is 2.73. The largest absolute Gasteiger partial charge is 0.490 e. The number of benzene rings is 3. The van der Waals surface area contributed by atoms with Crippen LogP contribution in [-0.2, 0) is 16.1 Å². The van der Waals surface area contributed by atoms with Gasteiger partial charge in [-0.3, -0.25) is 4.79 Å². The van der Waals surface area contributed by atoms with Crippen molar-refractivity contribution in [1.29, 1.82) is 0 Å². The van der Waals surface area contributed by atoms with Gasteiger partial charge in [0.25, 0.3) is 0 Å². The minimum atomic E-state index is -0.806. The molecule has 0 unspecified atom stereocenters. The Bertz CT molecular complexity index is 997. The van der Waals surface area contributed by atoms with Crippen molar-refractivity contribution in [3.8, 4) is 16.9 Å². The van der Waals surface area contributed by atoms with E-state index in [9.17, 15) is 4.79 Å². The Morgan fingerprint density at radius 3 is 2.35 bits per heavy atom. The van der Waals surface area contributed by atoms with Gasteiger partial charge < -0.3 is 14.7 Å². The third kappa shape index (κ3) is 7.00. The second-order valence-electron chi connectivity index (χ2n) is 7.06. The third-order valence-corrected chi connectivity index (χ3v) is 4.80. The van der Waals surface area contributed by atoms with Crippen LogP contribution in [0, 0.1) is 0 Å². The summed E-state index contributed by atoms with van der Waals surface area (Å²) < 4.78 is 5.70. The monoisotopic (exact) mass is 417 g/mol. The number of carboxylic acid groups (broad SMARTS) is 1. The van der Waals surface area contributed by atoms with Crippen molar-refractivity contribution in [2.75, 3.05) is 13.2 Å². The predicted molar refractivity (Wildman–Crippen MR) is 123 cm³/mol. The molecule has 1 N–H and O–H groups in total. The van der Waals surface area contributed by atoms with Crippen molar-refractivity contribution in [1.82, 2.24) is 0 Å². The highest BCUT2D eigenvalue weighted by atomic mass is 16.6. The van der Waals surface area contributed by atoms with E-state index in [2.05, 4.69) is 41.6 Å². The number of hydrogen-bond acceptors (Lipinski definition) is 4. The molecule has 3 aromatic carbocycles. The third-order valence-electron chi connectivity index (χ3n) is 4.80. The summed E-state index contributed by atoms with van der Waals surface area (Å²) in [5, 5.41) is 13.1. The van der Waals surface area contributed by atoms with Gasteiger partial charge in [-0.15, -0.1) is 0 Å². The number of carboxylic acids is 1. The SMILES string of the molecule is CC/C(=N\OCCOc1cccc(CCC(=O)O)c1)c1ccc(-c2ccccc2)cc1. The van der Waals surface area contributed by atoms with Crippen molar-refractivity contribution in [3.63, 3.8) is 0 Å². The van der Waals surface area contributed by atoms with Gasteiger partial charge in [-0.2, -0.15) is 0 Å². The predicted octanol–water partition coefficient (Wildman–Crippen LogP) is 5.58. The molecule has 0 saturated carbocycles. The summed E-state index contributed by atoms with van der Waals surface area (Å²) in [6.07, 6.45) is 1.35. The maximum atomic E-state index is 10.7. The fourth-order valence-electron chi connectivity index (χ4n) is 3.17. The van der Waals surface area contributed by atoms with Crippen molar-refractivity contribution in [3.05, 3.63) is 90.0 Å². The van der Waals surface area contributed by atoms with Crippen LogP contribution in [0.5, 0.6) is 5.75 Å². The number of rotatable bonds is 11. The molecule has 5 nitrogen and oxygen atoms in total. The molecule has 0 aliphatic rings. The molecule has 0 aliphatic heterocycles. The van der Waals surface area contributed by atoms with Gasteiger partial charge >= 0.3 is 5.97 Å². The van der Waals surface area contributed by atoms with Gasteiger partial charge in [-0.1, -0.05) is 78.8 Å². The lowest BCUT2D eigenvalue weighted by molar-refractivity contribution is -0.136. The maximum absolute atomic E-state index is 10.7. The van der Waals surface area contributed by atoms with Crippen LogP contribution in [0.25, 0.3) is 11.1 Å². The van der Waals surface area contributed by atoms with E-state index in [1.807, 2.05) is 49.4 Å². The van der Waals surface area contributed by atoms with Crippen LogP contribution in [0.15, 0.2) is 84.0 Å². The van der Waals surface area contributed by atoms with E-state index < -0.39 is 5.97 Å². The Morgan fingerprint density at radius 1 is 0.903 bits per heavy atom. The number of oxime groups is 1. The molecule has 0 amide bonds. The molecule has 0 aliphatic carbocycles. The minimum Gasteiger partial charge on any atom is -0.490 e. The quantitative estimate of drug-likeness (QED) is 0.251. The highest BCUT2D eigenvalue weighted by Crippen LogP contribution is 2.20. The number of ether oxygens (including phenoxy) is 1. The van der Waals surface area contributed by atoms with E-state index in [-0.39, 0.29) is 6.42 Å². The Hall–Kier alpha value is -3.60. The van der Waals surface area contributed by atoms with Crippen LogP contribution < -0.4 is 4.74 Å². The Balaban J connectivity index is 1.49. The molecule has 31 heavy (non-hydrogen) atoms. The molecule has 0 bridgehead atoms. The molecule has 0 saturated heterocycles. The fraction of sp³-hybridized carbons (Fsp3) is 0.231. The van der Waals surface area contributed by atoms with Crippen LogP contribution >= 0.6 is 0 Å². The normalized spacial score (nSPS) is 11.2. The summed E-state index contributed by atoms with van der Waals surface area (Å²) >= 11 is 0. The lowest BCUT2D eigenvalue weighted by atomic mass is 10.0. The van der Waals surface area contributed by atoms with E-state index in [4.69, 9.17) is 14.7 Å². The van der Waals surface area contributed by atoms with Gasteiger partial charge in [0.1, 0.15) is 12.4 Å². The summed E-state index contributed by atoms with van der Waals surface area (Å²) in [5.74, 6) is -0.110. The minimum absolute atomic E-state index is 0.105. The first-order valence-electron chi connectivity index (χ1n) is 10.4. The molecule has 3 aromatic rings. The lowest BCUT2D eigenvalue weighted by Crippen LogP contribution is -2.07. The van der Waals surface area contributed by atoms with Gasteiger partial charge in [0.2, 0.25) is 0 Å². The second kappa shape index (κ2) is 11.6. The molecule has 0 fully saturated rings. The number of hydrogen-bond donors (Lipinski definition) is 1. The second-order valence-corrected chi connectivity index (χ2v) is 7.06. The molecule has 0 atom stereocenters. The zero-order valence-electron chi connectivity index (χ0n) is 17.7. The first-order valence-corrected chi connectivity index (χ1v) is 10.4. The number of aliphatic carboxylic acids is 1. The molecule has 5 heteroatoms. The Kier molecular flexibility index (Phi) is 8.23. The first kappa shape index (κ1) is 22.1. The average molecular weight is 418 g/mol. The zero-order valence-corrected chi connectivity index (χ0v) is 17.7. The first-order chi connectivity index (χ1) is 15.2.